The molecule has 94 valence electrons. The van der Waals surface area contributed by atoms with Crippen molar-refractivity contribution in [3.8, 4) is 0 Å². The van der Waals surface area contributed by atoms with Gasteiger partial charge >= 0.3 is 0 Å². The molecule has 0 unspecified atom stereocenters. The van der Waals surface area contributed by atoms with E-state index in [9.17, 15) is 4.79 Å². The third kappa shape index (κ3) is 3.43. The predicted octanol–water partition coefficient (Wildman–Crippen LogP) is 3.25. The van der Waals surface area contributed by atoms with Crippen LogP contribution in [0.3, 0.4) is 0 Å². The van der Waals surface area contributed by atoms with Crippen molar-refractivity contribution >= 4 is 6.29 Å². The molecule has 1 aliphatic rings. The van der Waals surface area contributed by atoms with E-state index in [2.05, 4.69) is 11.9 Å². The van der Waals surface area contributed by atoms with E-state index in [0.717, 1.165) is 18.6 Å². The molecule has 0 atom stereocenters. The third-order valence-corrected chi connectivity index (χ3v) is 3.65. The maximum atomic E-state index is 10.5. The molecule has 3 heteroatoms. The standard InChI is InChI=1S/C14H21NO2/c1-15(12-6-4-2-3-5-7-12)10-13-8-9-14(11-16)17-13/h8-9,11-12H,2-7,10H2,1H3. The average Bonchev–Trinajstić information content (AvgIpc) is 2.62. The number of furan rings is 1. The van der Waals surface area contributed by atoms with Crippen LogP contribution in [0, 0.1) is 0 Å². The Balaban J connectivity index is 1.90. The maximum absolute atomic E-state index is 10.5. The van der Waals surface area contributed by atoms with Gasteiger partial charge in [-0.05, 0) is 32.0 Å². The van der Waals surface area contributed by atoms with Crippen LogP contribution in [-0.2, 0) is 6.54 Å². The van der Waals surface area contributed by atoms with E-state index >= 15 is 0 Å². The Bertz CT molecular complexity index is 351. The second-order valence-electron chi connectivity index (χ2n) is 4.98. The van der Waals surface area contributed by atoms with Gasteiger partial charge in [0.2, 0.25) is 0 Å². The topological polar surface area (TPSA) is 33.5 Å². The van der Waals surface area contributed by atoms with Gasteiger partial charge in [-0.3, -0.25) is 9.69 Å². The summed E-state index contributed by atoms with van der Waals surface area (Å²) < 4.78 is 5.42. The van der Waals surface area contributed by atoms with Gasteiger partial charge in [0.25, 0.3) is 0 Å². The molecule has 0 spiro atoms. The number of rotatable bonds is 4. The first-order chi connectivity index (χ1) is 8.29. The first-order valence-electron chi connectivity index (χ1n) is 6.53. The van der Waals surface area contributed by atoms with Gasteiger partial charge in [-0.15, -0.1) is 0 Å². The molecule has 0 N–H and O–H groups in total. The fraction of sp³-hybridized carbons (Fsp3) is 0.643. The van der Waals surface area contributed by atoms with Gasteiger partial charge in [-0.2, -0.15) is 0 Å². The van der Waals surface area contributed by atoms with Crippen molar-refractivity contribution in [1.82, 2.24) is 4.90 Å². The second kappa shape index (κ2) is 6.01. The Morgan fingerprint density at radius 3 is 2.59 bits per heavy atom. The molecule has 1 fully saturated rings. The van der Waals surface area contributed by atoms with Gasteiger partial charge < -0.3 is 4.42 Å². The highest BCUT2D eigenvalue weighted by Gasteiger charge is 2.17. The largest absolute Gasteiger partial charge is 0.457 e. The number of carbonyl (C=O) groups excluding carboxylic acids is 1. The number of carbonyl (C=O) groups is 1. The van der Waals surface area contributed by atoms with Crippen molar-refractivity contribution in [2.75, 3.05) is 7.05 Å². The van der Waals surface area contributed by atoms with Crippen LogP contribution in [0.15, 0.2) is 16.5 Å². The summed E-state index contributed by atoms with van der Waals surface area (Å²) in [7, 11) is 2.15. The van der Waals surface area contributed by atoms with Crippen LogP contribution in [0.4, 0.5) is 0 Å². The zero-order chi connectivity index (χ0) is 12.1. The van der Waals surface area contributed by atoms with E-state index in [1.165, 1.54) is 38.5 Å². The van der Waals surface area contributed by atoms with Crippen molar-refractivity contribution in [3.63, 3.8) is 0 Å². The molecule has 3 nitrogen and oxygen atoms in total. The summed E-state index contributed by atoms with van der Waals surface area (Å²) >= 11 is 0. The Hall–Kier alpha value is -1.09. The van der Waals surface area contributed by atoms with E-state index in [1.54, 1.807) is 6.07 Å². The highest BCUT2D eigenvalue weighted by molar-refractivity contribution is 5.70. The van der Waals surface area contributed by atoms with E-state index in [1.807, 2.05) is 6.07 Å². The number of aldehydes is 1. The van der Waals surface area contributed by atoms with Gasteiger partial charge in [-0.1, -0.05) is 25.7 Å². The smallest absolute Gasteiger partial charge is 0.185 e. The fourth-order valence-electron chi connectivity index (χ4n) is 2.62. The Morgan fingerprint density at radius 1 is 1.29 bits per heavy atom. The van der Waals surface area contributed by atoms with E-state index in [4.69, 9.17) is 4.42 Å². The van der Waals surface area contributed by atoms with Crippen LogP contribution >= 0.6 is 0 Å². The molecule has 0 amide bonds. The van der Waals surface area contributed by atoms with Crippen LogP contribution in [-0.4, -0.2) is 24.3 Å². The Labute approximate surface area is 103 Å². The van der Waals surface area contributed by atoms with Crippen molar-refractivity contribution in [3.05, 3.63) is 23.7 Å². The molecule has 0 aliphatic heterocycles. The number of hydrogen-bond donors (Lipinski definition) is 0. The molecule has 17 heavy (non-hydrogen) atoms. The summed E-state index contributed by atoms with van der Waals surface area (Å²) in [6, 6.07) is 4.31. The normalized spacial score (nSPS) is 18.2. The first kappa shape index (κ1) is 12.4. The van der Waals surface area contributed by atoms with Crippen molar-refractivity contribution < 1.29 is 9.21 Å². The fourth-order valence-corrected chi connectivity index (χ4v) is 2.62. The highest BCUT2D eigenvalue weighted by Crippen LogP contribution is 2.22. The highest BCUT2D eigenvalue weighted by atomic mass is 16.3. The average molecular weight is 235 g/mol. The Morgan fingerprint density at radius 2 is 2.00 bits per heavy atom. The molecule has 1 aliphatic carbocycles. The zero-order valence-corrected chi connectivity index (χ0v) is 10.5. The van der Waals surface area contributed by atoms with E-state index < -0.39 is 0 Å². The third-order valence-electron chi connectivity index (χ3n) is 3.65. The molecule has 0 aromatic carbocycles. The summed E-state index contributed by atoms with van der Waals surface area (Å²) in [5, 5.41) is 0. The molecule has 1 heterocycles. The molecular weight excluding hydrogens is 214 g/mol. The molecule has 1 aromatic heterocycles. The van der Waals surface area contributed by atoms with Crippen molar-refractivity contribution in [2.45, 2.75) is 51.1 Å². The van der Waals surface area contributed by atoms with Gasteiger partial charge in [0.1, 0.15) is 5.76 Å². The minimum Gasteiger partial charge on any atom is -0.457 e. The SMILES string of the molecule is CN(Cc1ccc(C=O)o1)C1CCCCCC1. The summed E-state index contributed by atoms with van der Waals surface area (Å²) in [4.78, 5) is 12.9. The van der Waals surface area contributed by atoms with Gasteiger partial charge in [0.05, 0.1) is 6.54 Å². The van der Waals surface area contributed by atoms with E-state index in [0.29, 0.717) is 11.8 Å². The van der Waals surface area contributed by atoms with Crippen LogP contribution in [0.2, 0.25) is 0 Å². The number of nitrogens with zero attached hydrogens (tertiary/aromatic N) is 1. The van der Waals surface area contributed by atoms with Crippen LogP contribution < -0.4 is 0 Å². The van der Waals surface area contributed by atoms with Crippen LogP contribution in [0.1, 0.15) is 54.8 Å². The quantitative estimate of drug-likeness (QED) is 0.593. The van der Waals surface area contributed by atoms with Gasteiger partial charge in [0.15, 0.2) is 12.0 Å². The monoisotopic (exact) mass is 235 g/mol. The lowest BCUT2D eigenvalue weighted by Gasteiger charge is -2.26. The predicted molar refractivity (Wildman–Crippen MR) is 67.1 cm³/mol. The van der Waals surface area contributed by atoms with Crippen molar-refractivity contribution in [1.29, 1.82) is 0 Å². The van der Waals surface area contributed by atoms with Crippen molar-refractivity contribution in [2.24, 2.45) is 0 Å². The van der Waals surface area contributed by atoms with Crippen LogP contribution in [0.5, 0.6) is 0 Å². The lowest BCUT2D eigenvalue weighted by molar-refractivity contribution is 0.109. The van der Waals surface area contributed by atoms with Gasteiger partial charge in [-0.25, -0.2) is 0 Å². The number of hydrogen-bond acceptors (Lipinski definition) is 3. The zero-order valence-electron chi connectivity index (χ0n) is 10.5. The molecule has 0 bridgehead atoms. The minimum absolute atomic E-state index is 0.425. The molecule has 1 aromatic rings. The lowest BCUT2D eigenvalue weighted by Crippen LogP contribution is -2.30. The van der Waals surface area contributed by atoms with Gasteiger partial charge in [0, 0.05) is 6.04 Å². The second-order valence-corrected chi connectivity index (χ2v) is 4.98. The molecule has 2 rings (SSSR count). The molecular formula is C14H21NO2. The Kier molecular flexibility index (Phi) is 4.37. The molecule has 0 saturated heterocycles. The maximum Gasteiger partial charge on any atom is 0.185 e. The summed E-state index contributed by atoms with van der Waals surface area (Å²) in [5.74, 6) is 1.31. The van der Waals surface area contributed by atoms with E-state index in [-0.39, 0.29) is 0 Å². The first-order valence-corrected chi connectivity index (χ1v) is 6.53. The molecule has 1 saturated carbocycles. The van der Waals surface area contributed by atoms with Crippen LogP contribution in [0.25, 0.3) is 0 Å². The summed E-state index contributed by atoms with van der Waals surface area (Å²) in [6.45, 7) is 0.804. The minimum atomic E-state index is 0.425. The summed E-state index contributed by atoms with van der Waals surface area (Å²) in [6.07, 6.45) is 8.77. The molecule has 0 radical (unpaired) electrons. The summed E-state index contributed by atoms with van der Waals surface area (Å²) in [5.41, 5.74) is 0. The lowest BCUT2D eigenvalue weighted by atomic mass is 10.1.